The van der Waals surface area contributed by atoms with Crippen molar-refractivity contribution in [2.75, 3.05) is 13.1 Å². The van der Waals surface area contributed by atoms with E-state index in [0.717, 1.165) is 38.1 Å². The Labute approximate surface area is 116 Å². The molecule has 20 heavy (non-hydrogen) atoms. The van der Waals surface area contributed by atoms with Crippen LogP contribution in [0.4, 0.5) is 8.78 Å². The lowest BCUT2D eigenvalue weighted by atomic mass is 10.0. The molecule has 1 amide bonds. The first kappa shape index (κ1) is 14.7. The largest absolute Gasteiger partial charge is 0.503 e. The van der Waals surface area contributed by atoms with Gasteiger partial charge in [-0.05, 0) is 30.5 Å². The van der Waals surface area contributed by atoms with Crippen molar-refractivity contribution in [1.82, 2.24) is 10.2 Å². The molecule has 0 unspecified atom stereocenters. The Morgan fingerprint density at radius 1 is 1.35 bits per heavy atom. The van der Waals surface area contributed by atoms with Gasteiger partial charge in [0.15, 0.2) is 17.4 Å². The van der Waals surface area contributed by atoms with Gasteiger partial charge in [-0.15, -0.1) is 0 Å². The molecule has 0 spiro atoms. The zero-order valence-corrected chi connectivity index (χ0v) is 11.3. The first-order chi connectivity index (χ1) is 9.45. The summed E-state index contributed by atoms with van der Waals surface area (Å²) < 4.78 is 26.5. The first-order valence-corrected chi connectivity index (χ1v) is 6.62. The fourth-order valence-electron chi connectivity index (χ4n) is 2.49. The number of likely N-dealkylation sites (tertiary alicyclic amines) is 1. The van der Waals surface area contributed by atoms with Crippen LogP contribution in [0.3, 0.4) is 0 Å². The van der Waals surface area contributed by atoms with E-state index in [4.69, 9.17) is 5.11 Å². The molecule has 1 aromatic carbocycles. The van der Waals surface area contributed by atoms with E-state index in [1.807, 2.05) is 0 Å². The lowest BCUT2D eigenvalue weighted by molar-refractivity contribution is -0.119. The smallest absolute Gasteiger partial charge is 0.217 e. The highest BCUT2D eigenvalue weighted by atomic mass is 19.1. The maximum atomic E-state index is 13.2. The van der Waals surface area contributed by atoms with Crippen LogP contribution < -0.4 is 5.32 Å². The highest BCUT2D eigenvalue weighted by Gasteiger charge is 2.20. The van der Waals surface area contributed by atoms with Gasteiger partial charge in [-0.2, -0.15) is 0 Å². The Bertz CT molecular complexity index is 477. The van der Waals surface area contributed by atoms with Crippen molar-refractivity contribution < 1.29 is 18.7 Å². The monoisotopic (exact) mass is 284 g/mol. The van der Waals surface area contributed by atoms with Gasteiger partial charge in [0.05, 0.1) is 0 Å². The molecule has 6 heteroatoms. The third-order valence-electron chi connectivity index (χ3n) is 3.48. The second kappa shape index (κ2) is 6.17. The molecular formula is C14H18F2N2O2. The van der Waals surface area contributed by atoms with Gasteiger partial charge in [-0.25, -0.2) is 8.78 Å². The zero-order chi connectivity index (χ0) is 14.7. The summed E-state index contributed by atoms with van der Waals surface area (Å²) in [5.74, 6) is -2.84. The lowest BCUT2D eigenvalue weighted by Crippen LogP contribution is -2.43. The number of carbonyl (C=O) groups is 1. The maximum absolute atomic E-state index is 13.2. The number of hydrogen-bond donors (Lipinski definition) is 2. The topological polar surface area (TPSA) is 52.6 Å². The number of phenolic OH excluding ortho intramolecular Hbond substituents is 1. The summed E-state index contributed by atoms with van der Waals surface area (Å²) in [5.41, 5.74) is 0.496. The van der Waals surface area contributed by atoms with Crippen LogP contribution >= 0.6 is 0 Å². The SMILES string of the molecule is CC(=O)NC1CCN(Cc2cc(F)c(O)c(F)c2)CC1. The number of aromatic hydroxyl groups is 1. The van der Waals surface area contributed by atoms with E-state index in [0.29, 0.717) is 12.1 Å². The summed E-state index contributed by atoms with van der Waals surface area (Å²) in [4.78, 5) is 13.0. The second-order valence-corrected chi connectivity index (χ2v) is 5.16. The summed E-state index contributed by atoms with van der Waals surface area (Å²) in [6.45, 7) is 3.44. The molecule has 1 aliphatic heterocycles. The van der Waals surface area contributed by atoms with Crippen LogP contribution in [0, 0.1) is 11.6 Å². The van der Waals surface area contributed by atoms with Gasteiger partial charge in [0.25, 0.3) is 0 Å². The average Bonchev–Trinajstić information content (AvgIpc) is 2.37. The summed E-state index contributed by atoms with van der Waals surface area (Å²) in [7, 11) is 0. The standard InChI is InChI=1S/C14H18F2N2O2/c1-9(19)17-11-2-4-18(5-3-11)8-10-6-12(15)14(20)13(16)7-10/h6-7,11,20H,2-5,8H2,1H3,(H,17,19). The molecule has 1 saturated heterocycles. The lowest BCUT2D eigenvalue weighted by Gasteiger charge is -2.32. The molecule has 110 valence electrons. The van der Waals surface area contributed by atoms with Crippen LogP contribution in [0.1, 0.15) is 25.3 Å². The Morgan fingerprint density at radius 2 is 1.90 bits per heavy atom. The molecule has 1 fully saturated rings. The summed E-state index contributed by atoms with van der Waals surface area (Å²) in [6.07, 6.45) is 1.64. The molecule has 0 atom stereocenters. The minimum absolute atomic E-state index is 0.0360. The zero-order valence-electron chi connectivity index (χ0n) is 11.3. The van der Waals surface area contributed by atoms with Crippen LogP contribution in [0.25, 0.3) is 0 Å². The minimum atomic E-state index is -0.937. The van der Waals surface area contributed by atoms with E-state index in [2.05, 4.69) is 10.2 Å². The van der Waals surface area contributed by atoms with Gasteiger partial charge >= 0.3 is 0 Å². The number of halogens is 2. The molecule has 0 aliphatic carbocycles. The van der Waals surface area contributed by atoms with Crippen LogP contribution in [0.2, 0.25) is 0 Å². The van der Waals surface area contributed by atoms with Gasteiger partial charge in [-0.1, -0.05) is 0 Å². The van der Waals surface area contributed by atoms with Crippen LogP contribution in [0.15, 0.2) is 12.1 Å². The van der Waals surface area contributed by atoms with Crippen molar-refractivity contribution in [3.8, 4) is 5.75 Å². The first-order valence-electron chi connectivity index (χ1n) is 6.62. The quantitative estimate of drug-likeness (QED) is 0.889. The van der Waals surface area contributed by atoms with Gasteiger partial charge in [-0.3, -0.25) is 9.69 Å². The fourth-order valence-corrected chi connectivity index (χ4v) is 2.49. The highest BCUT2D eigenvalue weighted by Crippen LogP contribution is 2.23. The number of rotatable bonds is 3. The Morgan fingerprint density at radius 3 is 2.40 bits per heavy atom. The van der Waals surface area contributed by atoms with Crippen LogP contribution in [0.5, 0.6) is 5.75 Å². The minimum Gasteiger partial charge on any atom is -0.503 e. The number of carbonyl (C=O) groups excluding carboxylic acids is 1. The maximum Gasteiger partial charge on any atom is 0.217 e. The molecular weight excluding hydrogens is 266 g/mol. The number of phenols is 1. The van der Waals surface area contributed by atoms with E-state index in [1.165, 1.54) is 6.92 Å². The molecule has 1 aliphatic rings. The predicted octanol–water partition coefficient (Wildman–Crippen LogP) is 1.77. The Hall–Kier alpha value is -1.69. The summed E-state index contributed by atoms with van der Waals surface area (Å²) >= 11 is 0. The number of nitrogens with zero attached hydrogens (tertiary/aromatic N) is 1. The van der Waals surface area contributed by atoms with Gasteiger partial charge < -0.3 is 10.4 Å². The molecule has 0 bridgehead atoms. The molecule has 0 radical (unpaired) electrons. The van der Waals surface area contributed by atoms with Crippen LogP contribution in [-0.2, 0) is 11.3 Å². The fraction of sp³-hybridized carbons (Fsp3) is 0.500. The average molecular weight is 284 g/mol. The molecule has 2 N–H and O–H groups in total. The van der Waals surface area contributed by atoms with Gasteiger partial charge in [0, 0.05) is 32.6 Å². The molecule has 0 aromatic heterocycles. The van der Waals surface area contributed by atoms with E-state index in [1.54, 1.807) is 0 Å². The van der Waals surface area contributed by atoms with E-state index in [9.17, 15) is 13.6 Å². The summed E-state index contributed by atoms with van der Waals surface area (Å²) in [6, 6.07) is 2.48. The van der Waals surface area contributed by atoms with E-state index >= 15 is 0 Å². The van der Waals surface area contributed by atoms with Crippen molar-refractivity contribution in [3.63, 3.8) is 0 Å². The molecule has 1 heterocycles. The Kier molecular flexibility index (Phi) is 4.54. The van der Waals surface area contributed by atoms with E-state index < -0.39 is 17.4 Å². The Balaban J connectivity index is 1.91. The van der Waals surface area contributed by atoms with Gasteiger partial charge in [0.2, 0.25) is 5.91 Å². The molecule has 1 aromatic rings. The number of hydrogen-bond acceptors (Lipinski definition) is 3. The summed E-state index contributed by atoms with van der Waals surface area (Å²) in [5, 5.41) is 11.9. The van der Waals surface area contributed by atoms with Crippen molar-refractivity contribution in [2.45, 2.75) is 32.4 Å². The van der Waals surface area contributed by atoms with Crippen molar-refractivity contribution in [3.05, 3.63) is 29.3 Å². The normalized spacial score (nSPS) is 17.1. The number of benzene rings is 1. The predicted molar refractivity (Wildman–Crippen MR) is 70.1 cm³/mol. The second-order valence-electron chi connectivity index (χ2n) is 5.16. The third-order valence-corrected chi connectivity index (χ3v) is 3.48. The van der Waals surface area contributed by atoms with Crippen molar-refractivity contribution in [1.29, 1.82) is 0 Å². The number of amides is 1. The molecule has 2 rings (SSSR count). The van der Waals surface area contributed by atoms with Crippen LogP contribution in [-0.4, -0.2) is 35.0 Å². The third kappa shape index (κ3) is 3.66. The molecule has 4 nitrogen and oxygen atoms in total. The van der Waals surface area contributed by atoms with Crippen molar-refractivity contribution >= 4 is 5.91 Å². The molecule has 0 saturated carbocycles. The van der Waals surface area contributed by atoms with Gasteiger partial charge in [0.1, 0.15) is 0 Å². The van der Waals surface area contributed by atoms with E-state index in [-0.39, 0.29) is 11.9 Å². The number of piperidine rings is 1. The highest BCUT2D eigenvalue weighted by molar-refractivity contribution is 5.73. The van der Waals surface area contributed by atoms with Crippen molar-refractivity contribution in [2.24, 2.45) is 0 Å². The number of nitrogens with one attached hydrogen (secondary N) is 1.